The van der Waals surface area contributed by atoms with Gasteiger partial charge in [-0.2, -0.15) is 5.26 Å². The highest BCUT2D eigenvalue weighted by atomic mass is 16.6. The smallest absolute Gasteiger partial charge is 0.293 e. The number of anilines is 2. The van der Waals surface area contributed by atoms with Crippen LogP contribution in [0.25, 0.3) is 0 Å². The lowest BCUT2D eigenvalue weighted by Crippen LogP contribution is -2.38. The van der Waals surface area contributed by atoms with Crippen LogP contribution in [0.3, 0.4) is 0 Å². The second-order valence-electron chi connectivity index (χ2n) is 6.06. The van der Waals surface area contributed by atoms with Gasteiger partial charge in [-0.25, -0.2) is 0 Å². The molecule has 1 heterocycles. The summed E-state index contributed by atoms with van der Waals surface area (Å²) < 4.78 is 0. The Labute approximate surface area is 140 Å². The van der Waals surface area contributed by atoms with E-state index < -0.39 is 4.92 Å². The molecule has 0 spiro atoms. The molecule has 1 atom stereocenters. The third-order valence-corrected chi connectivity index (χ3v) is 4.42. The molecule has 3 rings (SSSR count). The molecule has 6 heteroatoms. The molecule has 6 nitrogen and oxygen atoms in total. The monoisotopic (exact) mass is 322 g/mol. The lowest BCUT2D eigenvalue weighted by Gasteiger charge is -2.30. The quantitative estimate of drug-likeness (QED) is 0.626. The molecule has 0 fully saturated rings. The number of likely N-dealkylation sites (N-methyl/N-ethyl adjacent to an activating group) is 1. The first-order chi connectivity index (χ1) is 11.5. The standard InChI is InChI=1S/C18H18N4O2/c1-13-11-20(2)16-6-4-3-5-15(16)12-21(13)17-8-7-14(10-19)9-18(17)22(23)24/h3-9,13H,11-12H2,1-2H3. The number of fused-ring (bicyclic) bond motifs is 1. The molecule has 2 aromatic carbocycles. The van der Waals surface area contributed by atoms with Gasteiger partial charge >= 0.3 is 0 Å². The minimum absolute atomic E-state index is 0.0251. The maximum Gasteiger partial charge on any atom is 0.293 e. The van der Waals surface area contributed by atoms with Crippen LogP contribution in [0.2, 0.25) is 0 Å². The van der Waals surface area contributed by atoms with E-state index in [0.717, 1.165) is 17.8 Å². The maximum absolute atomic E-state index is 11.5. The molecule has 0 bridgehead atoms. The minimum atomic E-state index is -0.413. The molecule has 2 aromatic rings. The summed E-state index contributed by atoms with van der Waals surface area (Å²) in [7, 11) is 2.03. The fraction of sp³-hybridized carbons (Fsp3) is 0.278. The van der Waals surface area contributed by atoms with Gasteiger partial charge in [0.05, 0.1) is 16.6 Å². The molecule has 24 heavy (non-hydrogen) atoms. The number of hydrogen-bond acceptors (Lipinski definition) is 5. The van der Waals surface area contributed by atoms with Crippen molar-refractivity contribution in [3.63, 3.8) is 0 Å². The van der Waals surface area contributed by atoms with Gasteiger partial charge in [0.1, 0.15) is 5.69 Å². The highest BCUT2D eigenvalue weighted by Gasteiger charge is 2.28. The van der Waals surface area contributed by atoms with E-state index in [9.17, 15) is 10.1 Å². The van der Waals surface area contributed by atoms with E-state index in [1.54, 1.807) is 12.1 Å². The molecular formula is C18H18N4O2. The molecule has 122 valence electrons. The third kappa shape index (κ3) is 2.76. The second kappa shape index (κ2) is 6.20. The third-order valence-electron chi connectivity index (χ3n) is 4.42. The zero-order chi connectivity index (χ0) is 17.3. The Balaban J connectivity index is 2.09. The van der Waals surface area contributed by atoms with Crippen molar-refractivity contribution in [1.82, 2.24) is 0 Å². The van der Waals surface area contributed by atoms with Gasteiger partial charge in [-0.1, -0.05) is 18.2 Å². The lowest BCUT2D eigenvalue weighted by atomic mass is 10.1. The van der Waals surface area contributed by atoms with Crippen LogP contribution in [0.1, 0.15) is 18.1 Å². The fourth-order valence-electron chi connectivity index (χ4n) is 3.25. The predicted octanol–water partition coefficient (Wildman–Crippen LogP) is 3.31. The zero-order valence-corrected chi connectivity index (χ0v) is 13.6. The van der Waals surface area contributed by atoms with Crippen LogP contribution in [0, 0.1) is 21.4 Å². The van der Waals surface area contributed by atoms with E-state index >= 15 is 0 Å². The van der Waals surface area contributed by atoms with Crippen LogP contribution >= 0.6 is 0 Å². The molecule has 1 aliphatic heterocycles. The summed E-state index contributed by atoms with van der Waals surface area (Å²) in [4.78, 5) is 15.3. The van der Waals surface area contributed by atoms with Crippen LogP contribution < -0.4 is 9.80 Å². The van der Waals surface area contributed by atoms with Crippen LogP contribution in [-0.2, 0) is 6.54 Å². The average molecular weight is 322 g/mol. The number of nitro groups is 1. The molecule has 0 saturated heterocycles. The summed E-state index contributed by atoms with van der Waals surface area (Å²) in [5.74, 6) is 0. The summed E-state index contributed by atoms with van der Waals surface area (Å²) in [5.41, 5.74) is 3.09. The maximum atomic E-state index is 11.5. The van der Waals surface area contributed by atoms with Crippen molar-refractivity contribution in [1.29, 1.82) is 5.26 Å². The van der Waals surface area contributed by atoms with Crippen LogP contribution in [0.4, 0.5) is 17.1 Å². The van der Waals surface area contributed by atoms with Crippen molar-refractivity contribution < 1.29 is 4.92 Å². The van der Waals surface area contributed by atoms with Crippen molar-refractivity contribution in [3.8, 4) is 6.07 Å². The van der Waals surface area contributed by atoms with Crippen molar-refractivity contribution >= 4 is 17.1 Å². The van der Waals surface area contributed by atoms with Crippen molar-refractivity contribution in [2.45, 2.75) is 19.5 Å². The van der Waals surface area contributed by atoms with E-state index in [1.807, 2.05) is 36.2 Å². The first-order valence-electron chi connectivity index (χ1n) is 7.75. The van der Waals surface area contributed by atoms with E-state index in [-0.39, 0.29) is 11.7 Å². The van der Waals surface area contributed by atoms with Gasteiger partial charge in [0, 0.05) is 37.9 Å². The van der Waals surface area contributed by atoms with Crippen molar-refractivity contribution in [2.75, 3.05) is 23.4 Å². The molecule has 0 amide bonds. The topological polar surface area (TPSA) is 73.4 Å². The van der Waals surface area contributed by atoms with Crippen molar-refractivity contribution in [3.05, 3.63) is 63.7 Å². The Kier molecular flexibility index (Phi) is 4.09. The number of rotatable bonds is 2. The Hall–Kier alpha value is -3.07. The Morgan fingerprint density at radius 3 is 2.71 bits per heavy atom. The molecule has 0 aromatic heterocycles. The number of nitro benzene ring substituents is 1. The minimum Gasteiger partial charge on any atom is -0.372 e. The molecule has 1 aliphatic rings. The van der Waals surface area contributed by atoms with Crippen LogP contribution in [0.15, 0.2) is 42.5 Å². The summed E-state index contributed by atoms with van der Waals surface area (Å²) in [6, 6.07) is 14.8. The molecular weight excluding hydrogens is 304 g/mol. The highest BCUT2D eigenvalue weighted by Crippen LogP contribution is 2.35. The molecule has 1 unspecified atom stereocenters. The summed E-state index contributed by atoms with van der Waals surface area (Å²) in [6.45, 7) is 3.41. The number of nitriles is 1. The van der Waals surface area contributed by atoms with Gasteiger partial charge in [-0.05, 0) is 30.7 Å². The van der Waals surface area contributed by atoms with Gasteiger partial charge in [0.25, 0.3) is 5.69 Å². The van der Waals surface area contributed by atoms with Crippen molar-refractivity contribution in [2.24, 2.45) is 0 Å². The van der Waals surface area contributed by atoms with E-state index in [2.05, 4.69) is 17.9 Å². The van der Waals surface area contributed by atoms with Crippen LogP contribution in [0.5, 0.6) is 0 Å². The van der Waals surface area contributed by atoms with Gasteiger partial charge < -0.3 is 9.80 Å². The first-order valence-corrected chi connectivity index (χ1v) is 7.75. The molecule has 0 radical (unpaired) electrons. The molecule has 0 aliphatic carbocycles. The Bertz CT molecular complexity index is 828. The number of benzene rings is 2. The summed E-state index contributed by atoms with van der Waals surface area (Å²) >= 11 is 0. The number of para-hydroxylation sites is 1. The van der Waals surface area contributed by atoms with Crippen LogP contribution in [-0.4, -0.2) is 24.6 Å². The predicted molar refractivity (Wildman–Crippen MR) is 93.2 cm³/mol. The average Bonchev–Trinajstić information content (AvgIpc) is 2.71. The Morgan fingerprint density at radius 2 is 2.00 bits per heavy atom. The number of hydrogen-bond donors (Lipinski definition) is 0. The second-order valence-corrected chi connectivity index (χ2v) is 6.06. The lowest BCUT2D eigenvalue weighted by molar-refractivity contribution is -0.384. The highest BCUT2D eigenvalue weighted by molar-refractivity contribution is 5.68. The van der Waals surface area contributed by atoms with E-state index in [1.165, 1.54) is 6.07 Å². The summed E-state index contributed by atoms with van der Waals surface area (Å²) in [5, 5.41) is 20.5. The van der Waals surface area contributed by atoms with Gasteiger partial charge in [-0.3, -0.25) is 10.1 Å². The largest absolute Gasteiger partial charge is 0.372 e. The Morgan fingerprint density at radius 1 is 1.25 bits per heavy atom. The zero-order valence-electron chi connectivity index (χ0n) is 13.6. The first kappa shape index (κ1) is 15.8. The van der Waals surface area contributed by atoms with E-state index in [0.29, 0.717) is 17.8 Å². The van der Waals surface area contributed by atoms with Gasteiger partial charge in [-0.15, -0.1) is 0 Å². The number of nitrogens with zero attached hydrogens (tertiary/aromatic N) is 4. The van der Waals surface area contributed by atoms with E-state index in [4.69, 9.17) is 5.26 Å². The normalized spacial score (nSPS) is 17.0. The summed E-state index contributed by atoms with van der Waals surface area (Å²) in [6.07, 6.45) is 0. The molecule has 0 N–H and O–H groups in total. The fourth-order valence-corrected chi connectivity index (χ4v) is 3.25. The molecule has 0 saturated carbocycles. The van der Waals surface area contributed by atoms with Gasteiger partial charge in [0.15, 0.2) is 0 Å². The SMILES string of the molecule is CC1CN(C)c2ccccc2CN1c1ccc(C#N)cc1[N+](=O)[O-]. The van der Waals surface area contributed by atoms with Gasteiger partial charge in [0.2, 0.25) is 0 Å².